The number of halogens is 3. The van der Waals surface area contributed by atoms with Gasteiger partial charge in [-0.1, -0.05) is 18.2 Å². The van der Waals surface area contributed by atoms with Crippen LogP contribution in [0.15, 0.2) is 59.5 Å². The van der Waals surface area contributed by atoms with Crippen molar-refractivity contribution in [2.24, 2.45) is 0 Å². The molecule has 0 spiro atoms. The molecule has 1 fully saturated rings. The zero-order chi connectivity index (χ0) is 23.3. The molecular weight excluding hydrogens is 447 g/mol. The highest BCUT2D eigenvalue weighted by Gasteiger charge is 2.29. The number of piperazine rings is 1. The summed E-state index contributed by atoms with van der Waals surface area (Å²) in [4.78, 5) is 10.3. The molecule has 3 aromatic rings. The van der Waals surface area contributed by atoms with Gasteiger partial charge in [0, 0.05) is 56.1 Å². The van der Waals surface area contributed by atoms with Crippen LogP contribution in [0.2, 0.25) is 0 Å². The number of fused-ring (bicyclic) bond motifs is 1. The lowest BCUT2D eigenvalue weighted by Gasteiger charge is -2.32. The Hall–Kier alpha value is -2.33. The number of para-hydroxylation sites is 1. The summed E-state index contributed by atoms with van der Waals surface area (Å²) in [6, 6.07) is 15.1. The third kappa shape index (κ3) is 6.60. The maximum Gasteiger partial charge on any atom is 0.416 e. The second-order valence-corrected chi connectivity index (χ2v) is 9.11. The fourth-order valence-corrected chi connectivity index (χ4v) is 4.38. The van der Waals surface area contributed by atoms with E-state index in [2.05, 4.69) is 26.9 Å². The lowest BCUT2D eigenvalue weighted by Crippen LogP contribution is -2.46. The highest BCUT2D eigenvalue weighted by Crippen LogP contribution is 2.32. The molecule has 2 heterocycles. The summed E-state index contributed by atoms with van der Waals surface area (Å²) in [5, 5.41) is 4.49. The number of pyridine rings is 1. The van der Waals surface area contributed by atoms with Gasteiger partial charge in [-0.15, -0.1) is 0 Å². The molecule has 33 heavy (non-hydrogen) atoms. The number of likely N-dealkylation sites (N-methyl/N-ethyl adjacent to an activating group) is 1. The van der Waals surface area contributed by atoms with Gasteiger partial charge in [0.2, 0.25) is 0 Å². The van der Waals surface area contributed by atoms with Crippen molar-refractivity contribution in [3.63, 3.8) is 0 Å². The van der Waals surface area contributed by atoms with Crippen LogP contribution in [0.5, 0.6) is 0 Å². The molecule has 1 aliphatic heterocycles. The number of benzene rings is 2. The van der Waals surface area contributed by atoms with Crippen LogP contribution in [0.25, 0.3) is 10.9 Å². The SMILES string of the molecule is CN1CCN(CCNCc2ccc3cccc(NSc4ccc(C(F)(F)F)cc4)c3n2)CC1. The van der Waals surface area contributed by atoms with Crippen LogP contribution in [0.1, 0.15) is 11.3 Å². The first-order valence-electron chi connectivity index (χ1n) is 11.0. The average Bonchev–Trinajstić information content (AvgIpc) is 2.81. The summed E-state index contributed by atoms with van der Waals surface area (Å²) in [6.45, 7) is 7.07. The van der Waals surface area contributed by atoms with Gasteiger partial charge in [-0.2, -0.15) is 13.2 Å². The van der Waals surface area contributed by atoms with E-state index in [0.717, 1.165) is 73.7 Å². The molecule has 0 aliphatic carbocycles. The van der Waals surface area contributed by atoms with E-state index in [-0.39, 0.29) is 0 Å². The molecule has 0 amide bonds. The molecule has 0 radical (unpaired) electrons. The standard InChI is InChI=1S/C24H28F3N5S/c1-31-13-15-32(16-14-31)12-11-28-17-20-8-5-18-3-2-4-22(23(18)29-20)30-33-21-9-6-19(7-10-21)24(25,26)27/h2-10,28,30H,11-17H2,1H3. The third-order valence-corrected chi connectivity index (χ3v) is 6.58. The van der Waals surface area contributed by atoms with Crippen LogP contribution >= 0.6 is 11.9 Å². The molecule has 0 bridgehead atoms. The molecule has 4 rings (SSSR count). The molecule has 1 aliphatic rings. The van der Waals surface area contributed by atoms with Gasteiger partial charge in [-0.05, 0) is 55.4 Å². The number of rotatable bonds is 8. The Kier molecular flexibility index (Phi) is 7.75. The van der Waals surface area contributed by atoms with Crippen LogP contribution in [-0.2, 0) is 12.7 Å². The van der Waals surface area contributed by atoms with Crippen molar-refractivity contribution in [1.29, 1.82) is 0 Å². The molecule has 5 nitrogen and oxygen atoms in total. The van der Waals surface area contributed by atoms with E-state index < -0.39 is 11.7 Å². The zero-order valence-corrected chi connectivity index (χ0v) is 19.3. The summed E-state index contributed by atoms with van der Waals surface area (Å²) >= 11 is 1.27. The fraction of sp³-hybridized carbons (Fsp3) is 0.375. The van der Waals surface area contributed by atoms with Crippen molar-refractivity contribution < 1.29 is 13.2 Å². The predicted molar refractivity (Wildman–Crippen MR) is 128 cm³/mol. The first-order chi connectivity index (χ1) is 15.9. The van der Waals surface area contributed by atoms with E-state index in [0.29, 0.717) is 11.4 Å². The lowest BCUT2D eigenvalue weighted by atomic mass is 10.2. The van der Waals surface area contributed by atoms with E-state index >= 15 is 0 Å². The molecule has 176 valence electrons. The van der Waals surface area contributed by atoms with E-state index in [1.165, 1.54) is 24.1 Å². The van der Waals surface area contributed by atoms with E-state index in [9.17, 15) is 13.2 Å². The number of hydrogen-bond donors (Lipinski definition) is 2. The zero-order valence-electron chi connectivity index (χ0n) is 18.5. The first-order valence-corrected chi connectivity index (χ1v) is 11.8. The van der Waals surface area contributed by atoms with Gasteiger partial charge in [0.15, 0.2) is 0 Å². The number of anilines is 1. The summed E-state index contributed by atoms with van der Waals surface area (Å²) in [6.07, 6.45) is -4.33. The Labute approximate surface area is 196 Å². The molecule has 1 saturated heterocycles. The minimum Gasteiger partial charge on any atom is -0.324 e. The average molecular weight is 476 g/mol. The van der Waals surface area contributed by atoms with Gasteiger partial charge < -0.3 is 14.9 Å². The van der Waals surface area contributed by atoms with Gasteiger partial charge in [0.1, 0.15) is 0 Å². The van der Waals surface area contributed by atoms with E-state index in [4.69, 9.17) is 4.98 Å². The molecule has 0 unspecified atom stereocenters. The minimum absolute atomic E-state index is 0.650. The summed E-state index contributed by atoms with van der Waals surface area (Å²) in [7, 11) is 2.16. The smallest absolute Gasteiger partial charge is 0.324 e. The number of alkyl halides is 3. The maximum atomic E-state index is 12.8. The Morgan fingerprint density at radius 1 is 0.970 bits per heavy atom. The van der Waals surface area contributed by atoms with Gasteiger partial charge in [0.05, 0.1) is 22.5 Å². The van der Waals surface area contributed by atoms with Gasteiger partial charge in [0.25, 0.3) is 0 Å². The Morgan fingerprint density at radius 3 is 2.45 bits per heavy atom. The van der Waals surface area contributed by atoms with Crippen LogP contribution in [0, 0.1) is 0 Å². The van der Waals surface area contributed by atoms with Gasteiger partial charge in [-0.3, -0.25) is 4.90 Å². The number of nitrogens with one attached hydrogen (secondary N) is 2. The molecule has 2 aromatic carbocycles. The van der Waals surface area contributed by atoms with Crippen molar-refractivity contribution in [2.75, 3.05) is 51.0 Å². The molecule has 0 atom stereocenters. The molecule has 1 aromatic heterocycles. The third-order valence-electron chi connectivity index (χ3n) is 5.75. The minimum atomic E-state index is -4.33. The second-order valence-electron chi connectivity index (χ2n) is 8.23. The maximum absolute atomic E-state index is 12.8. The normalized spacial score (nSPS) is 15.8. The van der Waals surface area contributed by atoms with Crippen LogP contribution in [0.3, 0.4) is 0 Å². The Bertz CT molecular complexity index is 1050. The summed E-state index contributed by atoms with van der Waals surface area (Å²) in [5.41, 5.74) is 1.98. The van der Waals surface area contributed by atoms with Crippen LogP contribution in [-0.4, -0.2) is 61.1 Å². The molecule has 9 heteroatoms. The highest BCUT2D eigenvalue weighted by molar-refractivity contribution is 8.00. The van der Waals surface area contributed by atoms with Crippen molar-refractivity contribution in [3.8, 4) is 0 Å². The van der Waals surface area contributed by atoms with Crippen molar-refractivity contribution >= 4 is 28.5 Å². The monoisotopic (exact) mass is 475 g/mol. The Balaban J connectivity index is 1.34. The highest BCUT2D eigenvalue weighted by atomic mass is 32.2. The topological polar surface area (TPSA) is 43.4 Å². The number of aromatic nitrogens is 1. The summed E-state index contributed by atoms with van der Waals surface area (Å²) in [5.74, 6) is 0. The fourth-order valence-electron chi connectivity index (χ4n) is 3.72. The number of nitrogens with zero attached hydrogens (tertiary/aromatic N) is 3. The largest absolute Gasteiger partial charge is 0.416 e. The second kappa shape index (κ2) is 10.7. The predicted octanol–water partition coefficient (Wildman–Crippen LogP) is 4.71. The van der Waals surface area contributed by atoms with Gasteiger partial charge in [-0.25, -0.2) is 4.98 Å². The quantitative estimate of drug-likeness (QED) is 0.363. The molecule has 2 N–H and O–H groups in total. The van der Waals surface area contributed by atoms with Crippen LogP contribution in [0.4, 0.5) is 18.9 Å². The molecule has 0 saturated carbocycles. The summed E-state index contributed by atoms with van der Waals surface area (Å²) < 4.78 is 41.5. The van der Waals surface area contributed by atoms with Crippen molar-refractivity contribution in [1.82, 2.24) is 20.1 Å². The van der Waals surface area contributed by atoms with Crippen molar-refractivity contribution in [2.45, 2.75) is 17.6 Å². The first kappa shape index (κ1) is 23.8. The Morgan fingerprint density at radius 2 is 1.73 bits per heavy atom. The number of hydrogen-bond acceptors (Lipinski definition) is 6. The van der Waals surface area contributed by atoms with Crippen molar-refractivity contribution in [3.05, 3.63) is 65.9 Å². The van der Waals surface area contributed by atoms with E-state index in [1.807, 2.05) is 30.3 Å². The molecular formula is C24H28F3N5S. The van der Waals surface area contributed by atoms with E-state index in [1.54, 1.807) is 0 Å². The lowest BCUT2D eigenvalue weighted by molar-refractivity contribution is -0.137. The van der Waals surface area contributed by atoms with Crippen LogP contribution < -0.4 is 10.0 Å². The van der Waals surface area contributed by atoms with Gasteiger partial charge >= 0.3 is 6.18 Å².